The van der Waals surface area contributed by atoms with Gasteiger partial charge in [0.25, 0.3) is 0 Å². The van der Waals surface area contributed by atoms with Gasteiger partial charge in [0, 0.05) is 18.5 Å². The van der Waals surface area contributed by atoms with Gasteiger partial charge in [0.05, 0.1) is 20.3 Å². The molecule has 1 N–H and O–H groups in total. The number of nitrogens with one attached hydrogen (secondary N) is 1. The number of rotatable bonds is 8. The SMILES string of the molecule is COC(=O)CCCC1CC(C)CC(COCc2ccccc2)N1. The zero-order chi connectivity index (χ0) is 16.5. The number of benzene rings is 1. The fraction of sp³-hybridized carbons (Fsp3) is 0.632. The first-order valence-corrected chi connectivity index (χ1v) is 8.62. The second-order valence-corrected chi connectivity index (χ2v) is 6.61. The largest absolute Gasteiger partial charge is 0.469 e. The van der Waals surface area contributed by atoms with Gasteiger partial charge in [-0.25, -0.2) is 0 Å². The molecule has 1 aromatic carbocycles. The van der Waals surface area contributed by atoms with Crippen molar-refractivity contribution in [3.63, 3.8) is 0 Å². The molecule has 2 rings (SSSR count). The van der Waals surface area contributed by atoms with E-state index in [1.54, 1.807) is 0 Å². The van der Waals surface area contributed by atoms with E-state index in [0.29, 0.717) is 31.0 Å². The van der Waals surface area contributed by atoms with E-state index in [-0.39, 0.29) is 5.97 Å². The highest BCUT2D eigenvalue weighted by atomic mass is 16.5. The van der Waals surface area contributed by atoms with Crippen LogP contribution >= 0.6 is 0 Å². The number of piperidine rings is 1. The van der Waals surface area contributed by atoms with E-state index in [9.17, 15) is 4.79 Å². The highest BCUT2D eigenvalue weighted by molar-refractivity contribution is 5.68. The van der Waals surface area contributed by atoms with Gasteiger partial charge >= 0.3 is 5.97 Å². The van der Waals surface area contributed by atoms with Gasteiger partial charge in [0.1, 0.15) is 0 Å². The Hall–Kier alpha value is -1.39. The normalized spacial score (nSPS) is 24.3. The quantitative estimate of drug-likeness (QED) is 0.747. The van der Waals surface area contributed by atoms with Crippen molar-refractivity contribution in [1.82, 2.24) is 5.32 Å². The maximum atomic E-state index is 11.2. The Kier molecular flexibility index (Phi) is 7.56. The number of carbonyl (C=O) groups is 1. The highest BCUT2D eigenvalue weighted by Gasteiger charge is 2.25. The third-order valence-corrected chi connectivity index (χ3v) is 4.44. The highest BCUT2D eigenvalue weighted by Crippen LogP contribution is 2.23. The molecule has 3 atom stereocenters. The molecule has 1 saturated heterocycles. The third kappa shape index (κ3) is 6.71. The molecule has 1 aliphatic heterocycles. The minimum atomic E-state index is -0.114. The van der Waals surface area contributed by atoms with Crippen LogP contribution < -0.4 is 5.32 Å². The molecule has 1 heterocycles. The molecule has 23 heavy (non-hydrogen) atoms. The van der Waals surface area contributed by atoms with Gasteiger partial charge in [0.15, 0.2) is 0 Å². The van der Waals surface area contributed by atoms with Crippen LogP contribution in [0.1, 0.15) is 44.6 Å². The van der Waals surface area contributed by atoms with E-state index >= 15 is 0 Å². The summed E-state index contributed by atoms with van der Waals surface area (Å²) in [4.78, 5) is 11.2. The van der Waals surface area contributed by atoms with Gasteiger partial charge in [-0.15, -0.1) is 0 Å². The lowest BCUT2D eigenvalue weighted by molar-refractivity contribution is -0.140. The van der Waals surface area contributed by atoms with E-state index in [0.717, 1.165) is 25.9 Å². The maximum Gasteiger partial charge on any atom is 0.305 e. The van der Waals surface area contributed by atoms with Gasteiger partial charge < -0.3 is 14.8 Å². The van der Waals surface area contributed by atoms with Crippen molar-refractivity contribution in [2.24, 2.45) is 5.92 Å². The molecule has 0 saturated carbocycles. The fourth-order valence-electron chi connectivity index (χ4n) is 3.34. The molecule has 0 bridgehead atoms. The molecule has 0 amide bonds. The van der Waals surface area contributed by atoms with E-state index in [1.165, 1.54) is 19.1 Å². The first kappa shape index (κ1) is 18.0. The lowest BCUT2D eigenvalue weighted by atomic mass is 9.87. The second kappa shape index (κ2) is 9.68. The smallest absolute Gasteiger partial charge is 0.305 e. The molecule has 0 radical (unpaired) electrons. The molecular formula is C19H29NO3. The molecule has 1 fully saturated rings. The van der Waals surface area contributed by atoms with Crippen molar-refractivity contribution >= 4 is 5.97 Å². The van der Waals surface area contributed by atoms with Crippen LogP contribution in [-0.4, -0.2) is 31.8 Å². The lowest BCUT2D eigenvalue weighted by Gasteiger charge is -2.35. The van der Waals surface area contributed by atoms with Gasteiger partial charge in [-0.3, -0.25) is 4.79 Å². The Labute approximate surface area is 139 Å². The van der Waals surface area contributed by atoms with Gasteiger partial charge in [0.2, 0.25) is 0 Å². The predicted molar refractivity (Wildman–Crippen MR) is 91.1 cm³/mol. The van der Waals surface area contributed by atoms with Crippen LogP contribution in [-0.2, 0) is 20.9 Å². The van der Waals surface area contributed by atoms with Crippen LogP contribution in [0.4, 0.5) is 0 Å². The summed E-state index contributed by atoms with van der Waals surface area (Å²) in [5.41, 5.74) is 1.21. The van der Waals surface area contributed by atoms with E-state index < -0.39 is 0 Å². The van der Waals surface area contributed by atoms with Gasteiger partial charge in [-0.1, -0.05) is 37.3 Å². The van der Waals surface area contributed by atoms with Crippen LogP contribution in [0.15, 0.2) is 30.3 Å². The monoisotopic (exact) mass is 319 g/mol. The fourth-order valence-corrected chi connectivity index (χ4v) is 3.34. The Morgan fingerprint density at radius 2 is 1.96 bits per heavy atom. The van der Waals surface area contributed by atoms with Crippen molar-refractivity contribution < 1.29 is 14.3 Å². The average Bonchev–Trinajstić information content (AvgIpc) is 2.55. The second-order valence-electron chi connectivity index (χ2n) is 6.61. The number of methoxy groups -OCH3 is 1. The molecule has 0 spiro atoms. The Morgan fingerprint density at radius 3 is 2.70 bits per heavy atom. The maximum absolute atomic E-state index is 11.2. The Bertz CT molecular complexity index is 463. The summed E-state index contributed by atoms with van der Waals surface area (Å²) in [6.45, 7) is 3.71. The van der Waals surface area contributed by atoms with E-state index in [2.05, 4.69) is 24.4 Å². The summed E-state index contributed by atoms with van der Waals surface area (Å²) < 4.78 is 10.6. The topological polar surface area (TPSA) is 47.6 Å². The Morgan fingerprint density at radius 1 is 1.22 bits per heavy atom. The summed E-state index contributed by atoms with van der Waals surface area (Å²) in [5.74, 6) is 0.585. The number of esters is 1. The van der Waals surface area contributed by atoms with Gasteiger partial charge in [-0.2, -0.15) is 0 Å². The molecule has 1 aliphatic rings. The van der Waals surface area contributed by atoms with E-state index in [4.69, 9.17) is 9.47 Å². The number of ether oxygens (including phenoxy) is 2. The van der Waals surface area contributed by atoms with Crippen LogP contribution in [0.25, 0.3) is 0 Å². The Balaban J connectivity index is 1.68. The molecular weight excluding hydrogens is 290 g/mol. The molecule has 3 unspecified atom stereocenters. The number of hydrogen-bond donors (Lipinski definition) is 1. The third-order valence-electron chi connectivity index (χ3n) is 4.44. The predicted octanol–water partition coefficient (Wildman–Crippen LogP) is 3.30. The molecule has 4 nitrogen and oxygen atoms in total. The van der Waals surface area contributed by atoms with Crippen LogP contribution in [0.3, 0.4) is 0 Å². The summed E-state index contributed by atoms with van der Waals surface area (Å²) >= 11 is 0. The lowest BCUT2D eigenvalue weighted by Crippen LogP contribution is -2.47. The van der Waals surface area contributed by atoms with Crippen LogP contribution in [0.2, 0.25) is 0 Å². The number of carbonyl (C=O) groups excluding carboxylic acids is 1. The summed E-state index contributed by atoms with van der Waals surface area (Å²) in [6, 6.07) is 11.2. The molecule has 1 aromatic rings. The first-order valence-electron chi connectivity index (χ1n) is 8.62. The first-order chi connectivity index (χ1) is 11.2. The van der Waals surface area contributed by atoms with Crippen LogP contribution in [0, 0.1) is 5.92 Å². The minimum absolute atomic E-state index is 0.114. The van der Waals surface area contributed by atoms with Gasteiger partial charge in [-0.05, 0) is 37.2 Å². The van der Waals surface area contributed by atoms with Crippen LogP contribution in [0.5, 0.6) is 0 Å². The van der Waals surface area contributed by atoms with Crippen molar-refractivity contribution in [1.29, 1.82) is 0 Å². The zero-order valence-corrected chi connectivity index (χ0v) is 14.3. The van der Waals surface area contributed by atoms with Crippen molar-refractivity contribution in [3.8, 4) is 0 Å². The zero-order valence-electron chi connectivity index (χ0n) is 14.3. The molecule has 4 heteroatoms. The van der Waals surface area contributed by atoms with Crippen molar-refractivity contribution in [2.75, 3.05) is 13.7 Å². The summed E-state index contributed by atoms with van der Waals surface area (Å²) in [7, 11) is 1.45. The molecule has 0 aromatic heterocycles. The number of hydrogen-bond acceptors (Lipinski definition) is 4. The molecule has 0 aliphatic carbocycles. The minimum Gasteiger partial charge on any atom is -0.469 e. The average molecular weight is 319 g/mol. The molecule has 128 valence electrons. The summed E-state index contributed by atoms with van der Waals surface area (Å²) in [5, 5.41) is 3.68. The van der Waals surface area contributed by atoms with E-state index in [1.807, 2.05) is 18.2 Å². The standard InChI is InChI=1S/C19H29NO3/c1-15-11-17(9-6-10-19(21)22-2)20-18(12-15)14-23-13-16-7-4-3-5-8-16/h3-5,7-8,15,17-18,20H,6,9-14H2,1-2H3. The van der Waals surface area contributed by atoms with Crippen molar-refractivity contribution in [3.05, 3.63) is 35.9 Å². The summed E-state index contributed by atoms with van der Waals surface area (Å²) in [6.07, 6.45) is 4.75. The van der Waals surface area contributed by atoms with Crippen molar-refractivity contribution in [2.45, 2.75) is 57.7 Å².